The maximum Gasteiger partial charge on any atom is 0.241 e. The van der Waals surface area contributed by atoms with Crippen LogP contribution in [0.25, 0.3) is 0 Å². The monoisotopic (exact) mass is 444 g/mol. The molecule has 0 bridgehead atoms. The summed E-state index contributed by atoms with van der Waals surface area (Å²) in [5.74, 6) is 0.642. The molecule has 1 saturated carbocycles. The van der Waals surface area contributed by atoms with Crippen molar-refractivity contribution in [2.75, 3.05) is 39.6 Å². The Labute approximate surface area is 155 Å². The number of nitrogens with zero attached hydrogens (tertiary/aromatic N) is 1. The summed E-state index contributed by atoms with van der Waals surface area (Å²) in [5.41, 5.74) is 0. The van der Waals surface area contributed by atoms with Crippen LogP contribution < -0.4 is 16.0 Å². The maximum atomic E-state index is 11.6. The van der Waals surface area contributed by atoms with Gasteiger partial charge in [-0.2, -0.15) is 11.8 Å². The Balaban J connectivity index is 0.00000441. The van der Waals surface area contributed by atoms with Crippen molar-refractivity contribution in [3.63, 3.8) is 0 Å². The molecule has 22 heavy (non-hydrogen) atoms. The predicted octanol–water partition coefficient (Wildman–Crippen LogP) is 1.21. The first-order chi connectivity index (χ1) is 10.2. The number of aliphatic imine (C=N–C) groups is 1. The van der Waals surface area contributed by atoms with Crippen LogP contribution in [0.15, 0.2) is 4.99 Å². The van der Waals surface area contributed by atoms with Gasteiger partial charge >= 0.3 is 0 Å². The van der Waals surface area contributed by atoms with Crippen LogP contribution in [0.4, 0.5) is 0 Å². The summed E-state index contributed by atoms with van der Waals surface area (Å²) >= 11 is 1.93. The topological polar surface area (TPSA) is 74.8 Å². The van der Waals surface area contributed by atoms with Gasteiger partial charge in [-0.3, -0.25) is 4.79 Å². The van der Waals surface area contributed by atoms with Crippen LogP contribution in [0.2, 0.25) is 0 Å². The molecule has 0 aromatic heterocycles. The van der Waals surface area contributed by atoms with Crippen LogP contribution >= 0.6 is 35.7 Å². The van der Waals surface area contributed by atoms with Gasteiger partial charge in [-0.1, -0.05) is 0 Å². The van der Waals surface area contributed by atoms with Crippen LogP contribution in [-0.4, -0.2) is 62.8 Å². The smallest absolute Gasteiger partial charge is 0.241 e. The third-order valence-corrected chi connectivity index (χ3v) is 4.51. The number of nitrogens with one attached hydrogen (secondary N) is 3. The summed E-state index contributed by atoms with van der Waals surface area (Å²) < 4.78 is 4.89. The number of methoxy groups -OCH3 is 1. The molecular formula is C14H29IN4O2S. The second-order valence-electron chi connectivity index (χ2n) is 5.05. The van der Waals surface area contributed by atoms with Crippen molar-refractivity contribution >= 4 is 47.6 Å². The van der Waals surface area contributed by atoms with Crippen molar-refractivity contribution in [2.45, 2.75) is 37.5 Å². The molecule has 1 aliphatic rings. The molecule has 0 saturated heterocycles. The molecule has 1 amide bonds. The molecule has 3 N–H and O–H groups in total. The molecule has 8 heteroatoms. The summed E-state index contributed by atoms with van der Waals surface area (Å²) in [6.45, 7) is 3.99. The highest BCUT2D eigenvalue weighted by Crippen LogP contribution is 2.27. The van der Waals surface area contributed by atoms with Crippen molar-refractivity contribution < 1.29 is 9.53 Å². The van der Waals surface area contributed by atoms with Crippen LogP contribution in [0.3, 0.4) is 0 Å². The number of hydrogen-bond donors (Lipinski definition) is 3. The fourth-order valence-corrected chi connectivity index (χ4v) is 3.09. The van der Waals surface area contributed by atoms with Crippen molar-refractivity contribution in [1.82, 2.24) is 16.0 Å². The van der Waals surface area contributed by atoms with E-state index in [2.05, 4.69) is 27.2 Å². The summed E-state index contributed by atoms with van der Waals surface area (Å²) in [6, 6.07) is 0.455. The van der Waals surface area contributed by atoms with E-state index in [-0.39, 0.29) is 36.4 Å². The molecule has 2 atom stereocenters. The Morgan fingerprint density at radius 3 is 2.73 bits per heavy atom. The first-order valence-corrected chi connectivity index (χ1v) is 8.81. The molecule has 0 spiro atoms. The average Bonchev–Trinajstić information content (AvgIpc) is 2.93. The summed E-state index contributed by atoms with van der Waals surface area (Å²) in [5, 5.41) is 10.1. The molecule has 0 heterocycles. The van der Waals surface area contributed by atoms with E-state index in [1.807, 2.05) is 18.7 Å². The lowest BCUT2D eigenvalue weighted by Gasteiger charge is -2.17. The van der Waals surface area contributed by atoms with Gasteiger partial charge in [0, 0.05) is 31.5 Å². The molecule has 0 aliphatic heterocycles. The first kappa shape index (κ1) is 21.8. The van der Waals surface area contributed by atoms with Crippen LogP contribution in [0, 0.1) is 0 Å². The molecular weight excluding hydrogens is 415 g/mol. The molecule has 0 aromatic rings. The van der Waals surface area contributed by atoms with Crippen molar-refractivity contribution in [3.05, 3.63) is 0 Å². The van der Waals surface area contributed by atoms with Crippen molar-refractivity contribution in [3.8, 4) is 0 Å². The fourth-order valence-electron chi connectivity index (χ4n) is 2.30. The van der Waals surface area contributed by atoms with Crippen molar-refractivity contribution in [2.24, 2.45) is 4.99 Å². The van der Waals surface area contributed by atoms with Crippen LogP contribution in [0.5, 0.6) is 0 Å². The van der Waals surface area contributed by atoms with E-state index in [1.165, 1.54) is 6.42 Å². The second-order valence-corrected chi connectivity index (χ2v) is 6.19. The largest absolute Gasteiger partial charge is 0.383 e. The lowest BCUT2D eigenvalue weighted by molar-refractivity contribution is -0.119. The van der Waals surface area contributed by atoms with Gasteiger partial charge in [0.25, 0.3) is 0 Å². The number of ether oxygens (including phenoxy) is 1. The molecule has 0 radical (unpaired) electrons. The number of amides is 1. The molecule has 0 aromatic carbocycles. The zero-order valence-corrected chi connectivity index (χ0v) is 16.8. The van der Waals surface area contributed by atoms with Gasteiger partial charge in [0.1, 0.15) is 6.54 Å². The van der Waals surface area contributed by atoms with Crippen LogP contribution in [0.1, 0.15) is 26.2 Å². The fraction of sp³-hybridized carbons (Fsp3) is 0.857. The zero-order chi connectivity index (χ0) is 15.5. The summed E-state index contributed by atoms with van der Waals surface area (Å²) in [4.78, 5) is 16.0. The van der Waals surface area contributed by atoms with Gasteiger partial charge in [-0.25, -0.2) is 4.99 Å². The lowest BCUT2D eigenvalue weighted by Crippen LogP contribution is -2.43. The average molecular weight is 444 g/mol. The number of guanidine groups is 1. The first-order valence-electron chi connectivity index (χ1n) is 7.52. The molecule has 1 fully saturated rings. The van der Waals surface area contributed by atoms with Gasteiger partial charge in [0.2, 0.25) is 5.91 Å². The quantitative estimate of drug-likeness (QED) is 0.227. The molecule has 130 valence electrons. The van der Waals surface area contributed by atoms with Gasteiger partial charge in [-0.15, -0.1) is 24.0 Å². The number of carbonyl (C=O) groups is 1. The van der Waals surface area contributed by atoms with E-state index < -0.39 is 0 Å². The third kappa shape index (κ3) is 9.04. The van der Waals surface area contributed by atoms with E-state index in [9.17, 15) is 4.79 Å². The highest BCUT2D eigenvalue weighted by molar-refractivity contribution is 14.0. The van der Waals surface area contributed by atoms with E-state index in [1.54, 1.807) is 7.11 Å². The Hall–Kier alpha value is -0.220. The maximum absolute atomic E-state index is 11.6. The predicted molar refractivity (Wildman–Crippen MR) is 104 cm³/mol. The Morgan fingerprint density at radius 2 is 2.14 bits per heavy atom. The number of rotatable bonds is 8. The zero-order valence-electron chi connectivity index (χ0n) is 13.7. The van der Waals surface area contributed by atoms with E-state index in [0.717, 1.165) is 30.6 Å². The minimum Gasteiger partial charge on any atom is -0.383 e. The van der Waals surface area contributed by atoms with E-state index in [0.29, 0.717) is 19.2 Å². The van der Waals surface area contributed by atoms with E-state index in [4.69, 9.17) is 4.74 Å². The Morgan fingerprint density at radius 1 is 1.36 bits per heavy atom. The molecule has 1 rings (SSSR count). The highest BCUT2D eigenvalue weighted by Gasteiger charge is 2.24. The second kappa shape index (κ2) is 13.2. The van der Waals surface area contributed by atoms with Gasteiger partial charge in [0.15, 0.2) is 5.96 Å². The molecule has 6 nitrogen and oxygen atoms in total. The SMILES string of the molecule is CCNC(=NCC(=O)NCCOC)NC1CCC(SC)C1.I. The van der Waals surface area contributed by atoms with Crippen LogP contribution in [-0.2, 0) is 9.53 Å². The molecule has 2 unspecified atom stereocenters. The number of thioether (sulfide) groups is 1. The molecule has 1 aliphatic carbocycles. The minimum absolute atomic E-state index is 0. The van der Waals surface area contributed by atoms with E-state index >= 15 is 0 Å². The van der Waals surface area contributed by atoms with Crippen molar-refractivity contribution in [1.29, 1.82) is 0 Å². The Kier molecular flexibility index (Phi) is 13.1. The third-order valence-electron chi connectivity index (χ3n) is 3.41. The van der Waals surface area contributed by atoms with Gasteiger partial charge < -0.3 is 20.7 Å². The normalized spacial score (nSPS) is 21.1. The lowest BCUT2D eigenvalue weighted by atomic mass is 10.2. The Bertz CT molecular complexity index is 345. The number of halogens is 1. The van der Waals surface area contributed by atoms with Gasteiger partial charge in [0.05, 0.1) is 6.61 Å². The number of carbonyl (C=O) groups excluding carboxylic acids is 1. The highest BCUT2D eigenvalue weighted by atomic mass is 127. The van der Waals surface area contributed by atoms with Gasteiger partial charge in [-0.05, 0) is 32.4 Å². The minimum atomic E-state index is -0.0855. The standard InChI is InChI=1S/C14H28N4O2S.HI/c1-4-15-14(17-10-13(19)16-7-8-20-2)18-11-5-6-12(9-11)21-3;/h11-12H,4-10H2,1-3H3,(H,16,19)(H2,15,17,18);1H. The summed E-state index contributed by atoms with van der Waals surface area (Å²) in [6.07, 6.45) is 5.73. The summed E-state index contributed by atoms with van der Waals surface area (Å²) in [7, 11) is 1.61. The number of hydrogen-bond acceptors (Lipinski definition) is 4.